The highest BCUT2D eigenvalue weighted by molar-refractivity contribution is 7.80. The van der Waals surface area contributed by atoms with Gasteiger partial charge in [-0.25, -0.2) is 0 Å². The maximum absolute atomic E-state index is 12.1. The molecule has 0 saturated heterocycles. The lowest BCUT2D eigenvalue weighted by Crippen LogP contribution is -2.13. The number of aromatic hydroxyl groups is 1. The van der Waals surface area contributed by atoms with E-state index in [1.165, 1.54) is 12.1 Å². The van der Waals surface area contributed by atoms with Gasteiger partial charge in [0.15, 0.2) is 0 Å². The van der Waals surface area contributed by atoms with Gasteiger partial charge in [0.1, 0.15) is 10.7 Å². The maximum atomic E-state index is 12.1. The fourth-order valence-electron chi connectivity index (χ4n) is 1.76. The van der Waals surface area contributed by atoms with E-state index in [1.807, 2.05) is 0 Å². The predicted molar refractivity (Wildman–Crippen MR) is 88.1 cm³/mol. The number of benzene rings is 2. The summed E-state index contributed by atoms with van der Waals surface area (Å²) in [5.41, 5.74) is 7.67. The lowest BCUT2D eigenvalue weighted by atomic mass is 10.1. The number of halogens is 1. The fraction of sp³-hybridized carbons (Fsp3) is 0.0667. The van der Waals surface area contributed by atoms with Gasteiger partial charge in [-0.15, -0.1) is 0 Å². The third kappa shape index (κ3) is 3.51. The monoisotopic (exact) mass is 320 g/mol. The van der Waals surface area contributed by atoms with E-state index in [9.17, 15) is 9.90 Å². The second-order valence-corrected chi connectivity index (χ2v) is 5.36. The first kappa shape index (κ1) is 15.3. The van der Waals surface area contributed by atoms with Gasteiger partial charge in [0, 0.05) is 11.1 Å². The van der Waals surface area contributed by atoms with Crippen LogP contribution in [-0.2, 0) is 0 Å². The smallest absolute Gasteiger partial charge is 0.255 e. The van der Waals surface area contributed by atoms with E-state index >= 15 is 0 Å². The lowest BCUT2D eigenvalue weighted by Gasteiger charge is -2.09. The molecule has 4 nitrogen and oxygen atoms in total. The Morgan fingerprint density at radius 3 is 2.48 bits per heavy atom. The first-order chi connectivity index (χ1) is 9.88. The third-order valence-electron chi connectivity index (χ3n) is 2.96. The summed E-state index contributed by atoms with van der Waals surface area (Å²) >= 11 is 11.0. The van der Waals surface area contributed by atoms with Crippen molar-refractivity contribution in [2.45, 2.75) is 6.92 Å². The van der Waals surface area contributed by atoms with Gasteiger partial charge in [-0.05, 0) is 48.9 Å². The minimum absolute atomic E-state index is 0.144. The number of thiocarbonyl (C=S) groups is 1. The Hall–Kier alpha value is -2.11. The molecular weight excluding hydrogens is 308 g/mol. The zero-order valence-corrected chi connectivity index (χ0v) is 12.8. The van der Waals surface area contributed by atoms with Crippen molar-refractivity contribution in [1.82, 2.24) is 0 Å². The van der Waals surface area contributed by atoms with Gasteiger partial charge >= 0.3 is 0 Å². The zero-order chi connectivity index (χ0) is 15.6. The molecule has 0 fully saturated rings. The van der Waals surface area contributed by atoms with Crippen molar-refractivity contribution in [2.24, 2.45) is 5.73 Å². The summed E-state index contributed by atoms with van der Waals surface area (Å²) in [5.74, 6) is -0.173. The Morgan fingerprint density at radius 1 is 1.24 bits per heavy atom. The molecule has 0 aromatic heterocycles. The molecule has 0 aliphatic rings. The fourth-order valence-corrected chi connectivity index (χ4v) is 2.12. The first-order valence-electron chi connectivity index (χ1n) is 6.09. The number of rotatable bonds is 3. The summed E-state index contributed by atoms with van der Waals surface area (Å²) in [6, 6.07) is 9.54. The average Bonchev–Trinajstić information content (AvgIpc) is 2.43. The molecule has 0 spiro atoms. The summed E-state index contributed by atoms with van der Waals surface area (Å²) in [6.45, 7) is 1.72. The van der Waals surface area contributed by atoms with E-state index in [4.69, 9.17) is 29.6 Å². The molecule has 0 heterocycles. The molecule has 108 valence electrons. The second kappa shape index (κ2) is 6.11. The number of carbonyl (C=O) groups excluding carboxylic acids is 1. The zero-order valence-electron chi connectivity index (χ0n) is 11.2. The summed E-state index contributed by atoms with van der Waals surface area (Å²) in [5, 5.41) is 12.5. The van der Waals surface area contributed by atoms with E-state index in [-0.39, 0.29) is 16.6 Å². The molecule has 0 atom stereocenters. The van der Waals surface area contributed by atoms with Crippen LogP contribution in [0.5, 0.6) is 5.75 Å². The topological polar surface area (TPSA) is 75.4 Å². The molecule has 0 unspecified atom stereocenters. The number of hydrogen-bond donors (Lipinski definition) is 3. The highest BCUT2D eigenvalue weighted by atomic mass is 35.5. The Bertz CT molecular complexity index is 732. The van der Waals surface area contributed by atoms with Gasteiger partial charge in [-0.2, -0.15) is 0 Å². The normalized spacial score (nSPS) is 10.2. The van der Waals surface area contributed by atoms with Crippen molar-refractivity contribution < 1.29 is 9.90 Å². The van der Waals surface area contributed by atoms with Crippen LogP contribution in [-0.4, -0.2) is 16.0 Å². The largest absolute Gasteiger partial charge is 0.508 e. The predicted octanol–water partition coefficient (Wildman–Crippen LogP) is 3.24. The van der Waals surface area contributed by atoms with E-state index in [2.05, 4.69) is 5.32 Å². The number of nitrogens with two attached hydrogens (primary N) is 1. The minimum atomic E-state index is -0.317. The number of aryl methyl sites for hydroxylation is 1. The molecule has 0 aliphatic heterocycles. The van der Waals surface area contributed by atoms with Crippen molar-refractivity contribution >= 4 is 40.4 Å². The Kier molecular flexibility index (Phi) is 4.45. The molecule has 2 rings (SSSR count). The molecule has 1 amide bonds. The quantitative estimate of drug-likeness (QED) is 0.759. The van der Waals surface area contributed by atoms with Gasteiger partial charge in [0.05, 0.1) is 10.7 Å². The van der Waals surface area contributed by atoms with E-state index in [0.29, 0.717) is 27.4 Å². The molecule has 2 aromatic carbocycles. The standard InChI is InChI=1S/C15H13ClN2O2S/c1-8-6-10(3-5-13(8)19)15(20)18-12-4-2-9(14(17)21)7-11(12)16/h2-7,19H,1H3,(H2,17,21)(H,18,20). The van der Waals surface area contributed by atoms with Crippen molar-refractivity contribution in [3.63, 3.8) is 0 Å². The SMILES string of the molecule is Cc1cc(C(=O)Nc2ccc(C(N)=S)cc2Cl)ccc1O. The van der Waals surface area contributed by atoms with Crippen LogP contribution in [0.1, 0.15) is 21.5 Å². The number of hydrogen-bond acceptors (Lipinski definition) is 3. The van der Waals surface area contributed by atoms with Crippen molar-refractivity contribution in [2.75, 3.05) is 5.32 Å². The number of nitrogens with one attached hydrogen (secondary N) is 1. The number of anilines is 1. The second-order valence-electron chi connectivity index (χ2n) is 4.51. The van der Waals surface area contributed by atoms with Crippen LogP contribution in [0.15, 0.2) is 36.4 Å². The molecule has 21 heavy (non-hydrogen) atoms. The number of phenols is 1. The van der Waals surface area contributed by atoms with Gasteiger partial charge < -0.3 is 16.2 Å². The van der Waals surface area contributed by atoms with Crippen molar-refractivity contribution in [1.29, 1.82) is 0 Å². The molecule has 0 saturated carbocycles. The average molecular weight is 321 g/mol. The van der Waals surface area contributed by atoms with E-state index in [0.717, 1.165) is 0 Å². The summed E-state index contributed by atoms with van der Waals surface area (Å²) in [4.78, 5) is 12.4. The van der Waals surface area contributed by atoms with Crippen LogP contribution in [0.3, 0.4) is 0 Å². The van der Waals surface area contributed by atoms with Gasteiger partial charge in [0.2, 0.25) is 0 Å². The highest BCUT2D eigenvalue weighted by Crippen LogP contribution is 2.24. The minimum Gasteiger partial charge on any atom is -0.508 e. The first-order valence-corrected chi connectivity index (χ1v) is 6.87. The Morgan fingerprint density at radius 2 is 1.90 bits per heavy atom. The summed E-state index contributed by atoms with van der Waals surface area (Å²) in [7, 11) is 0. The molecule has 4 N–H and O–H groups in total. The van der Waals surface area contributed by atoms with Crippen LogP contribution in [0.4, 0.5) is 5.69 Å². The molecule has 6 heteroatoms. The highest BCUT2D eigenvalue weighted by Gasteiger charge is 2.10. The van der Waals surface area contributed by atoms with Gasteiger partial charge in [-0.1, -0.05) is 23.8 Å². The van der Waals surface area contributed by atoms with Crippen LogP contribution < -0.4 is 11.1 Å². The van der Waals surface area contributed by atoms with Crippen LogP contribution >= 0.6 is 23.8 Å². The molecule has 0 aliphatic carbocycles. The Labute approximate surface area is 132 Å². The number of phenolic OH excluding ortho intramolecular Hbond substituents is 1. The van der Waals surface area contributed by atoms with E-state index < -0.39 is 0 Å². The summed E-state index contributed by atoms with van der Waals surface area (Å²) < 4.78 is 0. The van der Waals surface area contributed by atoms with Crippen LogP contribution in [0, 0.1) is 6.92 Å². The third-order valence-corrected chi connectivity index (χ3v) is 3.51. The Balaban J connectivity index is 2.23. The number of carbonyl (C=O) groups is 1. The number of amides is 1. The lowest BCUT2D eigenvalue weighted by molar-refractivity contribution is 0.102. The van der Waals surface area contributed by atoms with Crippen molar-refractivity contribution in [3.8, 4) is 5.75 Å². The van der Waals surface area contributed by atoms with Gasteiger partial charge in [-0.3, -0.25) is 4.79 Å². The van der Waals surface area contributed by atoms with Crippen LogP contribution in [0.2, 0.25) is 5.02 Å². The molecule has 2 aromatic rings. The summed E-state index contributed by atoms with van der Waals surface area (Å²) in [6.07, 6.45) is 0. The molecular formula is C15H13ClN2O2S. The maximum Gasteiger partial charge on any atom is 0.255 e. The molecule has 0 radical (unpaired) electrons. The van der Waals surface area contributed by atoms with Gasteiger partial charge in [0.25, 0.3) is 5.91 Å². The van der Waals surface area contributed by atoms with Crippen molar-refractivity contribution in [3.05, 3.63) is 58.1 Å². The van der Waals surface area contributed by atoms with Crippen LogP contribution in [0.25, 0.3) is 0 Å². The van der Waals surface area contributed by atoms with E-state index in [1.54, 1.807) is 31.2 Å². The molecule has 0 bridgehead atoms.